The number of sulfonamides is 1. The average Bonchev–Trinajstić information content (AvgIpc) is 2.38. The fraction of sp³-hybridized carbons (Fsp3) is 0.583. The Morgan fingerprint density at radius 2 is 2.11 bits per heavy atom. The topological polar surface area (TPSA) is 86.7 Å². The molecule has 1 rings (SSSR count). The van der Waals surface area contributed by atoms with Gasteiger partial charge in [-0.1, -0.05) is 25.2 Å². The summed E-state index contributed by atoms with van der Waals surface area (Å²) in [5.74, 6) is -0.800. The summed E-state index contributed by atoms with van der Waals surface area (Å²) in [5, 5.41) is 12.8. The molecule has 0 aromatic heterocycles. The zero-order valence-corrected chi connectivity index (χ0v) is 12.1. The third-order valence-electron chi connectivity index (χ3n) is 3.25. The molecule has 19 heavy (non-hydrogen) atoms. The van der Waals surface area contributed by atoms with E-state index in [4.69, 9.17) is 0 Å². The van der Waals surface area contributed by atoms with Crippen LogP contribution in [-0.4, -0.2) is 49.3 Å². The van der Waals surface area contributed by atoms with E-state index >= 15 is 0 Å². The normalized spacial score (nSPS) is 26.7. The molecule has 0 aromatic carbocycles. The van der Waals surface area contributed by atoms with Crippen LogP contribution < -0.4 is 5.32 Å². The fourth-order valence-corrected chi connectivity index (χ4v) is 3.42. The molecule has 2 atom stereocenters. The molecular weight excluding hydrogens is 268 g/mol. The van der Waals surface area contributed by atoms with Crippen molar-refractivity contribution in [3.8, 4) is 0 Å². The van der Waals surface area contributed by atoms with Gasteiger partial charge in [-0.3, -0.25) is 4.79 Å². The summed E-state index contributed by atoms with van der Waals surface area (Å²) < 4.78 is 25.8. The summed E-state index contributed by atoms with van der Waals surface area (Å²) in [6, 6.07) is 0. The van der Waals surface area contributed by atoms with Gasteiger partial charge in [-0.2, -0.15) is 0 Å². The monoisotopic (exact) mass is 288 g/mol. The molecule has 108 valence electrons. The van der Waals surface area contributed by atoms with Crippen molar-refractivity contribution in [2.24, 2.45) is 5.92 Å². The van der Waals surface area contributed by atoms with Gasteiger partial charge in [0.05, 0.1) is 0 Å². The molecule has 1 aliphatic rings. The Balaban J connectivity index is 2.88. The van der Waals surface area contributed by atoms with E-state index in [2.05, 4.69) is 5.32 Å². The maximum Gasteiger partial charge on any atom is 0.248 e. The third-order valence-corrected chi connectivity index (χ3v) is 5.59. The van der Waals surface area contributed by atoms with Crippen LogP contribution in [0.15, 0.2) is 24.3 Å². The van der Waals surface area contributed by atoms with E-state index in [0.717, 1.165) is 4.31 Å². The molecule has 0 spiro atoms. The number of nitrogens with zero attached hydrogens (tertiary/aromatic N) is 1. The van der Waals surface area contributed by atoms with E-state index in [-0.39, 0.29) is 18.9 Å². The average molecular weight is 288 g/mol. The maximum atomic E-state index is 12.4. The molecule has 2 N–H and O–H groups in total. The van der Waals surface area contributed by atoms with E-state index in [1.54, 1.807) is 19.1 Å². The number of rotatable bonds is 5. The van der Waals surface area contributed by atoms with Crippen LogP contribution in [0.25, 0.3) is 0 Å². The molecule has 6 nitrogen and oxygen atoms in total. The number of aliphatic hydroxyl groups is 1. The first kappa shape index (κ1) is 15.9. The Kier molecular flexibility index (Phi) is 4.89. The van der Waals surface area contributed by atoms with Gasteiger partial charge in [0.1, 0.15) is 0 Å². The summed E-state index contributed by atoms with van der Waals surface area (Å²) in [5.41, 5.74) is 0. The van der Waals surface area contributed by atoms with Crippen molar-refractivity contribution in [2.45, 2.75) is 18.3 Å². The van der Waals surface area contributed by atoms with Gasteiger partial charge >= 0.3 is 0 Å². The summed E-state index contributed by atoms with van der Waals surface area (Å²) in [6.45, 7) is 1.65. The number of carbonyl (C=O) groups excluding carboxylic acids is 1. The van der Waals surface area contributed by atoms with Gasteiger partial charge < -0.3 is 10.4 Å². The number of hydrogen-bond donors (Lipinski definition) is 2. The quantitative estimate of drug-likeness (QED) is 0.735. The van der Waals surface area contributed by atoms with E-state index in [1.807, 2.05) is 0 Å². The van der Waals surface area contributed by atoms with Crippen molar-refractivity contribution in [3.63, 3.8) is 0 Å². The molecule has 0 fully saturated rings. The summed E-state index contributed by atoms with van der Waals surface area (Å²) >= 11 is 0. The Morgan fingerprint density at radius 3 is 2.63 bits per heavy atom. The van der Waals surface area contributed by atoms with Crippen molar-refractivity contribution in [3.05, 3.63) is 24.3 Å². The minimum atomic E-state index is -3.94. The largest absolute Gasteiger partial charge is 0.370 e. The zero-order chi connectivity index (χ0) is 14.7. The first-order valence-electron chi connectivity index (χ1n) is 6.00. The van der Waals surface area contributed by atoms with Gasteiger partial charge in [0.25, 0.3) is 0 Å². The van der Waals surface area contributed by atoms with E-state index in [0.29, 0.717) is 0 Å². The van der Waals surface area contributed by atoms with E-state index < -0.39 is 20.9 Å². The second kappa shape index (κ2) is 5.85. The lowest BCUT2D eigenvalue weighted by Gasteiger charge is -2.34. The van der Waals surface area contributed by atoms with Gasteiger partial charge in [-0.15, -0.1) is 0 Å². The molecule has 0 aromatic rings. The Hall–Kier alpha value is -1.18. The number of carbonyl (C=O) groups is 1. The maximum absolute atomic E-state index is 12.4. The number of allylic oxidation sites excluding steroid dienone is 2. The van der Waals surface area contributed by atoms with Crippen LogP contribution in [0.1, 0.15) is 13.3 Å². The molecule has 0 saturated carbocycles. The highest BCUT2D eigenvalue weighted by Gasteiger charge is 2.46. The van der Waals surface area contributed by atoms with Crippen LogP contribution in [0.4, 0.5) is 0 Å². The molecular formula is C12H20N2O4S. The van der Waals surface area contributed by atoms with Gasteiger partial charge in [0.2, 0.25) is 20.9 Å². The van der Waals surface area contributed by atoms with Crippen LogP contribution in [0.3, 0.4) is 0 Å². The smallest absolute Gasteiger partial charge is 0.248 e. The first-order chi connectivity index (χ1) is 8.75. The summed E-state index contributed by atoms with van der Waals surface area (Å²) in [7, 11) is -1.10. The Labute approximate surface area is 113 Å². The van der Waals surface area contributed by atoms with Crippen molar-refractivity contribution in [1.29, 1.82) is 0 Å². The lowest BCUT2D eigenvalue weighted by atomic mass is 9.99. The second-order valence-electron chi connectivity index (χ2n) is 4.53. The predicted octanol–water partition coefficient (Wildman–Crippen LogP) is -0.165. The highest BCUT2D eigenvalue weighted by Crippen LogP contribution is 2.31. The fourth-order valence-electron chi connectivity index (χ4n) is 1.79. The molecule has 0 bridgehead atoms. The van der Waals surface area contributed by atoms with Gasteiger partial charge in [0.15, 0.2) is 0 Å². The van der Waals surface area contributed by atoms with Crippen LogP contribution in [-0.2, 0) is 14.8 Å². The zero-order valence-electron chi connectivity index (χ0n) is 11.3. The van der Waals surface area contributed by atoms with Crippen molar-refractivity contribution >= 4 is 15.9 Å². The first-order valence-corrected chi connectivity index (χ1v) is 7.44. The van der Waals surface area contributed by atoms with Gasteiger partial charge in [0, 0.05) is 33.0 Å². The van der Waals surface area contributed by atoms with Crippen LogP contribution in [0.5, 0.6) is 0 Å². The second-order valence-corrected chi connectivity index (χ2v) is 6.76. The number of amides is 1. The van der Waals surface area contributed by atoms with E-state index in [1.165, 1.54) is 26.2 Å². The highest BCUT2D eigenvalue weighted by atomic mass is 32.2. The molecule has 0 radical (unpaired) electrons. The Morgan fingerprint density at radius 1 is 1.47 bits per heavy atom. The Bertz CT molecular complexity index is 498. The third kappa shape index (κ3) is 3.05. The predicted molar refractivity (Wildman–Crippen MR) is 72.6 cm³/mol. The minimum absolute atomic E-state index is 0.0224. The van der Waals surface area contributed by atoms with Crippen molar-refractivity contribution < 1.29 is 18.3 Å². The molecule has 2 unspecified atom stereocenters. The number of hydrogen-bond acceptors (Lipinski definition) is 4. The molecule has 0 heterocycles. The molecule has 0 saturated heterocycles. The summed E-state index contributed by atoms with van der Waals surface area (Å²) in [6.07, 6.45) is 6.15. The molecule has 0 aliphatic heterocycles. The molecule has 1 amide bonds. The van der Waals surface area contributed by atoms with Crippen molar-refractivity contribution in [2.75, 3.05) is 20.6 Å². The highest BCUT2D eigenvalue weighted by molar-refractivity contribution is 7.90. The standard InChI is InChI=1S/C12H20N2O4S/c1-10-6-4-5-8-12(10,16)19(17,18)14(3)9-7-11(15)13-2/h4-6,8,10,16H,7,9H2,1-3H3,(H,13,15). The minimum Gasteiger partial charge on any atom is -0.370 e. The van der Waals surface area contributed by atoms with Crippen LogP contribution >= 0.6 is 0 Å². The lowest BCUT2D eigenvalue weighted by molar-refractivity contribution is -0.120. The van der Waals surface area contributed by atoms with Crippen LogP contribution in [0.2, 0.25) is 0 Å². The van der Waals surface area contributed by atoms with Gasteiger partial charge in [-0.25, -0.2) is 12.7 Å². The molecule has 1 aliphatic carbocycles. The van der Waals surface area contributed by atoms with E-state index in [9.17, 15) is 18.3 Å². The molecule has 7 heteroatoms. The SMILES string of the molecule is CNC(=O)CCN(C)S(=O)(=O)C1(O)C=CC=CC1C. The lowest BCUT2D eigenvalue weighted by Crippen LogP contribution is -2.50. The van der Waals surface area contributed by atoms with Gasteiger partial charge in [-0.05, 0) is 6.08 Å². The van der Waals surface area contributed by atoms with Crippen LogP contribution in [0, 0.1) is 5.92 Å². The summed E-state index contributed by atoms with van der Waals surface area (Å²) in [4.78, 5) is 9.18. The number of nitrogens with one attached hydrogen (secondary N) is 1. The van der Waals surface area contributed by atoms with Crippen molar-refractivity contribution in [1.82, 2.24) is 9.62 Å².